The van der Waals surface area contributed by atoms with Crippen molar-refractivity contribution >= 4 is 34.1 Å². The molecule has 6 heteroatoms. The van der Waals surface area contributed by atoms with Gasteiger partial charge in [0.1, 0.15) is 0 Å². The summed E-state index contributed by atoms with van der Waals surface area (Å²) in [4.78, 5) is 22.4. The molecule has 1 amide bonds. The molecule has 5 nitrogen and oxygen atoms in total. The van der Waals surface area contributed by atoms with E-state index >= 15 is 0 Å². The highest BCUT2D eigenvalue weighted by Crippen LogP contribution is 2.30. The van der Waals surface area contributed by atoms with Crippen LogP contribution in [0.2, 0.25) is 5.02 Å². The predicted octanol–water partition coefficient (Wildman–Crippen LogP) is 5.21. The minimum atomic E-state index is 0.0523. The summed E-state index contributed by atoms with van der Waals surface area (Å²) in [6.07, 6.45) is 6.27. The second-order valence-corrected chi connectivity index (χ2v) is 9.51. The number of hydrogen-bond acceptors (Lipinski definition) is 4. The zero-order chi connectivity index (χ0) is 22.6. The minimum absolute atomic E-state index is 0.0523. The van der Waals surface area contributed by atoms with E-state index in [4.69, 9.17) is 16.3 Å². The molecule has 0 saturated carbocycles. The van der Waals surface area contributed by atoms with Crippen LogP contribution in [0.5, 0.6) is 0 Å². The molecule has 5 rings (SSSR count). The van der Waals surface area contributed by atoms with E-state index in [-0.39, 0.29) is 11.8 Å². The van der Waals surface area contributed by atoms with E-state index in [1.165, 1.54) is 24.8 Å². The zero-order valence-corrected chi connectivity index (χ0v) is 19.6. The van der Waals surface area contributed by atoms with Crippen LogP contribution in [0.1, 0.15) is 35.2 Å². The summed E-state index contributed by atoms with van der Waals surface area (Å²) >= 11 is 6.51. The molecule has 0 spiro atoms. The van der Waals surface area contributed by atoms with Crippen LogP contribution < -0.4 is 4.90 Å². The standard InChI is InChI=1S/C27H30ClN3O2/c28-24-10-9-23(17-25(24)30-12-2-1-3-13-30)27(32)31-14-15-33-19-20(18-31)16-22-7-4-6-21-8-5-11-29-26(21)22/h4-11,17,20H,1-3,12-16,18-19H2/t20-/m1/s1. The molecule has 33 heavy (non-hydrogen) atoms. The third-order valence-electron chi connectivity index (χ3n) is 6.74. The Kier molecular flexibility index (Phi) is 6.79. The van der Waals surface area contributed by atoms with E-state index in [1.807, 2.05) is 35.4 Å². The number of amides is 1. The van der Waals surface area contributed by atoms with Gasteiger partial charge < -0.3 is 14.5 Å². The van der Waals surface area contributed by atoms with Gasteiger partial charge in [-0.25, -0.2) is 0 Å². The summed E-state index contributed by atoms with van der Waals surface area (Å²) in [6.45, 7) is 4.47. The predicted molar refractivity (Wildman–Crippen MR) is 133 cm³/mol. The third-order valence-corrected chi connectivity index (χ3v) is 7.06. The first-order valence-corrected chi connectivity index (χ1v) is 12.3. The van der Waals surface area contributed by atoms with Crippen molar-refractivity contribution in [3.05, 3.63) is 70.9 Å². The second-order valence-electron chi connectivity index (χ2n) is 9.10. The molecule has 2 fully saturated rings. The number of fused-ring (bicyclic) bond motifs is 1. The summed E-state index contributed by atoms with van der Waals surface area (Å²) in [5.74, 6) is 0.273. The maximum absolute atomic E-state index is 13.5. The second kappa shape index (κ2) is 10.1. The van der Waals surface area contributed by atoms with E-state index in [1.54, 1.807) is 0 Å². The fraction of sp³-hybridized carbons (Fsp3) is 0.407. The van der Waals surface area contributed by atoms with Crippen molar-refractivity contribution in [2.45, 2.75) is 25.7 Å². The van der Waals surface area contributed by atoms with Gasteiger partial charge in [0.05, 0.1) is 29.4 Å². The van der Waals surface area contributed by atoms with Gasteiger partial charge in [-0.3, -0.25) is 9.78 Å². The Labute approximate surface area is 200 Å². The first-order valence-electron chi connectivity index (χ1n) is 11.9. The Bertz CT molecular complexity index is 1120. The molecular formula is C27H30ClN3O2. The van der Waals surface area contributed by atoms with E-state index < -0.39 is 0 Å². The van der Waals surface area contributed by atoms with Crippen molar-refractivity contribution in [2.24, 2.45) is 5.92 Å². The molecule has 1 atom stereocenters. The molecule has 3 aromatic rings. The van der Waals surface area contributed by atoms with Crippen molar-refractivity contribution < 1.29 is 9.53 Å². The van der Waals surface area contributed by atoms with Crippen molar-refractivity contribution in [1.82, 2.24) is 9.88 Å². The van der Waals surface area contributed by atoms with E-state index in [0.29, 0.717) is 36.9 Å². The number of rotatable bonds is 4. The maximum atomic E-state index is 13.5. The molecule has 3 heterocycles. The molecule has 1 aromatic heterocycles. The lowest BCUT2D eigenvalue weighted by molar-refractivity contribution is 0.0737. The lowest BCUT2D eigenvalue weighted by Gasteiger charge is -2.30. The molecule has 2 aromatic carbocycles. The number of halogens is 1. The number of aromatic nitrogens is 1. The van der Waals surface area contributed by atoms with E-state index in [0.717, 1.165) is 36.1 Å². The summed E-state index contributed by atoms with van der Waals surface area (Å²) in [7, 11) is 0. The molecule has 0 radical (unpaired) electrons. The number of hydrogen-bond donors (Lipinski definition) is 0. The van der Waals surface area contributed by atoms with Gasteiger partial charge in [0, 0.05) is 49.2 Å². The van der Waals surface area contributed by atoms with Crippen molar-refractivity contribution in [3.8, 4) is 0 Å². The van der Waals surface area contributed by atoms with Crippen LogP contribution in [-0.2, 0) is 11.2 Å². The maximum Gasteiger partial charge on any atom is 0.254 e. The smallest absolute Gasteiger partial charge is 0.254 e. The van der Waals surface area contributed by atoms with Crippen LogP contribution in [0.3, 0.4) is 0 Å². The van der Waals surface area contributed by atoms with Gasteiger partial charge >= 0.3 is 0 Å². The summed E-state index contributed by atoms with van der Waals surface area (Å²) in [5, 5.41) is 1.86. The highest BCUT2D eigenvalue weighted by Gasteiger charge is 2.25. The number of nitrogens with zero attached hydrogens (tertiary/aromatic N) is 3. The largest absolute Gasteiger partial charge is 0.379 e. The quantitative estimate of drug-likeness (QED) is 0.532. The van der Waals surface area contributed by atoms with Crippen LogP contribution in [0.15, 0.2) is 54.7 Å². The SMILES string of the molecule is O=C(c1ccc(Cl)c(N2CCCCC2)c1)N1CCOC[C@H](Cc2cccc3cccnc23)C1. The number of carbonyl (C=O) groups is 1. The Balaban J connectivity index is 1.34. The molecule has 0 unspecified atom stereocenters. The van der Waals surface area contributed by atoms with Gasteiger partial charge in [-0.05, 0) is 55.5 Å². The number of benzene rings is 2. The topological polar surface area (TPSA) is 45.7 Å². The Morgan fingerprint density at radius 1 is 1.06 bits per heavy atom. The summed E-state index contributed by atoms with van der Waals surface area (Å²) < 4.78 is 5.90. The number of pyridine rings is 1. The minimum Gasteiger partial charge on any atom is -0.379 e. The lowest BCUT2D eigenvalue weighted by Crippen LogP contribution is -2.36. The zero-order valence-electron chi connectivity index (χ0n) is 18.9. The summed E-state index contributed by atoms with van der Waals surface area (Å²) in [5.41, 5.74) is 3.92. The average molecular weight is 464 g/mol. The van der Waals surface area contributed by atoms with Gasteiger partial charge in [-0.1, -0.05) is 35.9 Å². The number of carbonyl (C=O) groups excluding carboxylic acids is 1. The van der Waals surface area contributed by atoms with Crippen LogP contribution in [0.4, 0.5) is 5.69 Å². The van der Waals surface area contributed by atoms with Crippen molar-refractivity contribution in [2.75, 3.05) is 44.3 Å². The van der Waals surface area contributed by atoms with Gasteiger partial charge in [-0.2, -0.15) is 0 Å². The number of anilines is 1. The molecule has 0 bridgehead atoms. The van der Waals surface area contributed by atoms with Gasteiger partial charge in [0.2, 0.25) is 0 Å². The lowest BCUT2D eigenvalue weighted by atomic mass is 9.97. The molecule has 2 aliphatic heterocycles. The van der Waals surface area contributed by atoms with Crippen molar-refractivity contribution in [1.29, 1.82) is 0 Å². The highest BCUT2D eigenvalue weighted by atomic mass is 35.5. The third kappa shape index (κ3) is 4.99. The Morgan fingerprint density at radius 3 is 2.79 bits per heavy atom. The number of para-hydroxylation sites is 1. The first-order chi connectivity index (χ1) is 16.2. The molecule has 172 valence electrons. The fourth-order valence-electron chi connectivity index (χ4n) is 5.04. The molecule has 2 aliphatic rings. The Morgan fingerprint density at radius 2 is 1.91 bits per heavy atom. The number of piperidine rings is 1. The van der Waals surface area contributed by atoms with Crippen molar-refractivity contribution in [3.63, 3.8) is 0 Å². The van der Waals surface area contributed by atoms with Crippen LogP contribution in [0.25, 0.3) is 10.9 Å². The molecular weight excluding hydrogens is 434 g/mol. The van der Waals surface area contributed by atoms with Gasteiger partial charge in [0.15, 0.2) is 0 Å². The molecule has 0 aliphatic carbocycles. The molecule has 0 N–H and O–H groups in total. The van der Waals surface area contributed by atoms with Gasteiger partial charge in [-0.15, -0.1) is 0 Å². The monoisotopic (exact) mass is 463 g/mol. The average Bonchev–Trinajstić information content (AvgIpc) is 3.10. The number of ether oxygens (including phenoxy) is 1. The fourth-order valence-corrected chi connectivity index (χ4v) is 5.27. The van der Waals surface area contributed by atoms with Crippen LogP contribution in [0, 0.1) is 5.92 Å². The van der Waals surface area contributed by atoms with E-state index in [2.05, 4.69) is 34.1 Å². The Hall–Kier alpha value is -2.63. The normalized spacial score (nSPS) is 19.5. The highest BCUT2D eigenvalue weighted by molar-refractivity contribution is 6.33. The van der Waals surface area contributed by atoms with Gasteiger partial charge in [0.25, 0.3) is 5.91 Å². The van der Waals surface area contributed by atoms with Crippen LogP contribution in [-0.4, -0.2) is 55.2 Å². The van der Waals surface area contributed by atoms with E-state index in [9.17, 15) is 4.79 Å². The summed E-state index contributed by atoms with van der Waals surface area (Å²) in [6, 6.07) is 16.1. The first kappa shape index (κ1) is 22.2. The molecule has 2 saturated heterocycles. The van der Waals surface area contributed by atoms with Crippen LogP contribution >= 0.6 is 11.6 Å².